The summed E-state index contributed by atoms with van der Waals surface area (Å²) in [4.78, 5) is 28.6. The van der Waals surface area contributed by atoms with Gasteiger partial charge in [-0.3, -0.25) is 9.59 Å². The lowest BCUT2D eigenvalue weighted by Gasteiger charge is -2.35. The van der Waals surface area contributed by atoms with Gasteiger partial charge in [-0.2, -0.15) is 8.78 Å². The molecule has 0 aliphatic carbocycles. The van der Waals surface area contributed by atoms with Gasteiger partial charge >= 0.3 is 6.61 Å². The van der Waals surface area contributed by atoms with Gasteiger partial charge in [0.1, 0.15) is 5.75 Å². The van der Waals surface area contributed by atoms with Crippen molar-refractivity contribution in [1.29, 1.82) is 0 Å². The minimum Gasteiger partial charge on any atom is -0.434 e. The van der Waals surface area contributed by atoms with E-state index >= 15 is 0 Å². The topological polar surface area (TPSA) is 88.8 Å². The second kappa shape index (κ2) is 10.9. The molecule has 1 aromatic heterocycles. The van der Waals surface area contributed by atoms with Crippen LogP contribution in [0.3, 0.4) is 0 Å². The van der Waals surface area contributed by atoms with Crippen molar-refractivity contribution in [2.24, 2.45) is 0 Å². The summed E-state index contributed by atoms with van der Waals surface area (Å²) in [6.07, 6.45) is 1.37. The molecule has 2 aromatic carbocycles. The smallest absolute Gasteiger partial charge is 0.387 e. The van der Waals surface area contributed by atoms with Crippen molar-refractivity contribution in [1.82, 2.24) is 20.0 Å². The predicted molar refractivity (Wildman–Crippen MR) is 118 cm³/mol. The van der Waals surface area contributed by atoms with Crippen LogP contribution in [-0.2, 0) is 11.2 Å². The number of carbonyl (C=O) groups excluding carboxylic acids is 2. The number of aromatic nitrogens is 2. The van der Waals surface area contributed by atoms with Gasteiger partial charge in [-0.25, -0.2) is 0 Å². The standard InChI is InChI=1S/C24H24F2N4O4/c25-24(26)33-19-10-5-4-9-18(19)23(32)30-15-13-29(14-16-30)21(31)12-6-11-20-27-28-22(34-20)17-7-2-1-3-8-17/h1-5,7-10,24H,6,11-16H2. The summed E-state index contributed by atoms with van der Waals surface area (Å²) in [6, 6.07) is 15.4. The Kier molecular flexibility index (Phi) is 7.46. The predicted octanol–water partition coefficient (Wildman–Crippen LogP) is 3.65. The number of benzene rings is 2. The minimum atomic E-state index is -3.01. The molecule has 0 spiro atoms. The van der Waals surface area contributed by atoms with Crippen molar-refractivity contribution < 1.29 is 27.5 Å². The Morgan fingerprint density at radius 1 is 0.941 bits per heavy atom. The Morgan fingerprint density at radius 2 is 1.62 bits per heavy atom. The number of alkyl halides is 2. The summed E-state index contributed by atoms with van der Waals surface area (Å²) < 4.78 is 35.4. The molecular weight excluding hydrogens is 446 g/mol. The summed E-state index contributed by atoms with van der Waals surface area (Å²) in [6.45, 7) is -1.63. The molecule has 0 saturated carbocycles. The SMILES string of the molecule is O=C(CCCc1nnc(-c2ccccc2)o1)N1CCN(C(=O)c2ccccc2OC(F)F)CC1. The highest BCUT2D eigenvalue weighted by Gasteiger charge is 2.26. The number of para-hydroxylation sites is 1. The van der Waals surface area contributed by atoms with Gasteiger partial charge in [-0.1, -0.05) is 30.3 Å². The van der Waals surface area contributed by atoms with E-state index in [-0.39, 0.29) is 17.2 Å². The maximum absolute atomic E-state index is 12.8. The first kappa shape index (κ1) is 23.3. The average Bonchev–Trinajstić information content (AvgIpc) is 3.33. The van der Waals surface area contributed by atoms with Crippen molar-refractivity contribution in [3.8, 4) is 17.2 Å². The molecule has 1 saturated heterocycles. The first-order valence-electron chi connectivity index (χ1n) is 11.0. The van der Waals surface area contributed by atoms with Gasteiger partial charge in [-0.15, -0.1) is 10.2 Å². The van der Waals surface area contributed by atoms with E-state index in [0.717, 1.165) is 5.56 Å². The number of nitrogens with zero attached hydrogens (tertiary/aromatic N) is 4. The van der Waals surface area contributed by atoms with Crippen molar-refractivity contribution in [3.63, 3.8) is 0 Å². The second-order valence-corrected chi connectivity index (χ2v) is 7.77. The monoisotopic (exact) mass is 470 g/mol. The maximum Gasteiger partial charge on any atom is 0.387 e. The molecule has 0 radical (unpaired) electrons. The van der Waals surface area contributed by atoms with Crippen molar-refractivity contribution >= 4 is 11.8 Å². The molecule has 4 rings (SSSR count). The second-order valence-electron chi connectivity index (χ2n) is 7.77. The van der Waals surface area contributed by atoms with Crippen LogP contribution >= 0.6 is 0 Å². The lowest BCUT2D eigenvalue weighted by Crippen LogP contribution is -2.50. The minimum absolute atomic E-state index is 0.0173. The Morgan fingerprint density at radius 3 is 2.35 bits per heavy atom. The molecular formula is C24H24F2N4O4. The molecule has 0 atom stereocenters. The van der Waals surface area contributed by atoms with Crippen LogP contribution in [0.5, 0.6) is 5.75 Å². The molecule has 8 nitrogen and oxygen atoms in total. The van der Waals surface area contributed by atoms with E-state index in [1.807, 2.05) is 30.3 Å². The Hall–Kier alpha value is -3.82. The quantitative estimate of drug-likeness (QED) is 0.500. The van der Waals surface area contributed by atoms with Crippen LogP contribution in [-0.4, -0.2) is 64.6 Å². The third-order valence-corrected chi connectivity index (χ3v) is 5.52. The summed E-state index contributed by atoms with van der Waals surface area (Å²) in [7, 11) is 0. The van der Waals surface area contributed by atoms with Gasteiger partial charge in [0.2, 0.25) is 17.7 Å². The molecule has 0 bridgehead atoms. The molecule has 0 N–H and O–H groups in total. The number of halogens is 2. The lowest BCUT2D eigenvalue weighted by molar-refractivity contribution is -0.132. The van der Waals surface area contributed by atoms with Gasteiger partial charge in [-0.05, 0) is 30.7 Å². The lowest BCUT2D eigenvalue weighted by atomic mass is 10.1. The van der Waals surface area contributed by atoms with Crippen molar-refractivity contribution in [2.45, 2.75) is 25.9 Å². The Balaban J connectivity index is 1.24. The number of piperazine rings is 1. The van der Waals surface area contributed by atoms with Crippen LogP contribution in [0.25, 0.3) is 11.5 Å². The number of amides is 2. The first-order valence-corrected chi connectivity index (χ1v) is 11.0. The summed E-state index contributed by atoms with van der Waals surface area (Å²) >= 11 is 0. The van der Waals surface area contributed by atoms with Crippen LogP contribution < -0.4 is 4.74 Å². The van der Waals surface area contributed by atoms with Crippen LogP contribution in [0, 0.1) is 0 Å². The molecule has 178 valence electrons. The van der Waals surface area contributed by atoms with E-state index in [0.29, 0.717) is 57.2 Å². The fraction of sp³-hybridized carbons (Fsp3) is 0.333. The van der Waals surface area contributed by atoms with Gasteiger partial charge in [0.15, 0.2) is 0 Å². The number of aryl methyl sites for hydroxylation is 1. The zero-order chi connectivity index (χ0) is 23.9. The summed E-state index contributed by atoms with van der Waals surface area (Å²) in [5, 5.41) is 8.09. The molecule has 1 fully saturated rings. The molecule has 10 heteroatoms. The van der Waals surface area contributed by atoms with E-state index < -0.39 is 12.5 Å². The fourth-order valence-corrected chi connectivity index (χ4v) is 3.77. The molecule has 34 heavy (non-hydrogen) atoms. The average molecular weight is 470 g/mol. The largest absolute Gasteiger partial charge is 0.434 e. The molecule has 1 aliphatic rings. The molecule has 0 unspecified atom stereocenters. The van der Waals surface area contributed by atoms with Gasteiger partial charge in [0, 0.05) is 44.6 Å². The van der Waals surface area contributed by atoms with Crippen LogP contribution in [0.15, 0.2) is 59.0 Å². The Labute approximate surface area is 195 Å². The highest BCUT2D eigenvalue weighted by Crippen LogP contribution is 2.23. The number of ether oxygens (including phenoxy) is 1. The van der Waals surface area contributed by atoms with E-state index in [1.54, 1.807) is 15.9 Å². The summed E-state index contributed by atoms with van der Waals surface area (Å²) in [5.41, 5.74) is 0.921. The number of hydrogen-bond donors (Lipinski definition) is 0. The highest BCUT2D eigenvalue weighted by molar-refractivity contribution is 5.97. The normalized spacial score (nSPS) is 13.9. The zero-order valence-corrected chi connectivity index (χ0v) is 18.4. The first-order chi connectivity index (χ1) is 16.5. The van der Waals surface area contributed by atoms with E-state index in [1.165, 1.54) is 18.2 Å². The van der Waals surface area contributed by atoms with Crippen LogP contribution in [0.2, 0.25) is 0 Å². The third kappa shape index (κ3) is 5.75. The summed E-state index contributed by atoms with van der Waals surface area (Å²) in [5.74, 6) is 0.359. The highest BCUT2D eigenvalue weighted by atomic mass is 19.3. The van der Waals surface area contributed by atoms with Crippen molar-refractivity contribution in [2.75, 3.05) is 26.2 Å². The van der Waals surface area contributed by atoms with E-state index in [9.17, 15) is 18.4 Å². The fourth-order valence-electron chi connectivity index (χ4n) is 3.77. The third-order valence-electron chi connectivity index (χ3n) is 5.52. The van der Waals surface area contributed by atoms with Crippen LogP contribution in [0.1, 0.15) is 29.1 Å². The maximum atomic E-state index is 12.8. The van der Waals surface area contributed by atoms with E-state index in [2.05, 4.69) is 14.9 Å². The Bertz CT molecular complexity index is 1110. The van der Waals surface area contributed by atoms with Crippen molar-refractivity contribution in [3.05, 3.63) is 66.1 Å². The zero-order valence-electron chi connectivity index (χ0n) is 18.4. The molecule has 2 heterocycles. The number of hydrogen-bond acceptors (Lipinski definition) is 6. The molecule has 2 amide bonds. The van der Waals surface area contributed by atoms with Gasteiger partial charge in [0.25, 0.3) is 5.91 Å². The van der Waals surface area contributed by atoms with Gasteiger partial charge < -0.3 is 19.0 Å². The molecule has 1 aliphatic heterocycles. The van der Waals surface area contributed by atoms with Gasteiger partial charge in [0.05, 0.1) is 5.56 Å². The number of rotatable bonds is 8. The number of carbonyl (C=O) groups is 2. The van der Waals surface area contributed by atoms with E-state index in [4.69, 9.17) is 4.42 Å². The molecule has 3 aromatic rings. The van der Waals surface area contributed by atoms with Crippen LogP contribution in [0.4, 0.5) is 8.78 Å².